The van der Waals surface area contributed by atoms with E-state index in [0.29, 0.717) is 6.42 Å². The predicted octanol–water partition coefficient (Wildman–Crippen LogP) is 15.4. The molecule has 0 spiro atoms. The van der Waals surface area contributed by atoms with Crippen molar-refractivity contribution in [3.8, 4) is 39.4 Å². The van der Waals surface area contributed by atoms with Gasteiger partial charge in [-0.05, 0) is 90.9 Å². The van der Waals surface area contributed by atoms with Crippen LogP contribution in [0.1, 0.15) is 90.1 Å². The summed E-state index contributed by atoms with van der Waals surface area (Å²) in [6.07, 6.45) is 8.14. The molecule has 0 bridgehead atoms. The van der Waals surface area contributed by atoms with Crippen LogP contribution < -0.4 is 4.57 Å². The Kier molecular flexibility index (Phi) is 11.5. The van der Waals surface area contributed by atoms with Gasteiger partial charge in [-0.2, -0.15) is 53.6 Å². The van der Waals surface area contributed by atoms with Gasteiger partial charge in [0.15, 0.2) is 11.4 Å². The van der Waals surface area contributed by atoms with Crippen molar-refractivity contribution >= 4 is 43.8 Å². The molecule has 6 heteroatoms. The monoisotopic (exact) mass is 1080 g/mol. The van der Waals surface area contributed by atoms with E-state index in [-0.39, 0.29) is 37.3 Å². The zero-order chi connectivity index (χ0) is 47.1. The molecule has 69 heavy (non-hydrogen) atoms. The van der Waals surface area contributed by atoms with Crippen LogP contribution in [0.3, 0.4) is 0 Å². The first kappa shape index (κ1) is 45.9. The van der Waals surface area contributed by atoms with Crippen LogP contribution in [0.15, 0.2) is 169 Å². The van der Waals surface area contributed by atoms with Crippen molar-refractivity contribution in [3.63, 3.8) is 0 Å². The first-order valence-electron chi connectivity index (χ1n) is 23.7. The molecular weight excluding hydrogens is 1020 g/mol. The molecule has 0 amide bonds. The molecule has 0 unspecified atom stereocenters. The second-order valence-electron chi connectivity index (χ2n) is 21.4. The number of para-hydroxylation sites is 3. The maximum atomic E-state index is 6.01. The summed E-state index contributed by atoms with van der Waals surface area (Å²) in [7, 11) is 0. The van der Waals surface area contributed by atoms with Gasteiger partial charge < -0.3 is 13.6 Å². The first-order valence-corrected chi connectivity index (χ1v) is 23.7. The van der Waals surface area contributed by atoms with Gasteiger partial charge in [0, 0.05) is 38.2 Å². The number of hydrogen-bond donors (Lipinski definition) is 0. The van der Waals surface area contributed by atoms with Crippen molar-refractivity contribution in [1.82, 2.24) is 14.1 Å². The van der Waals surface area contributed by atoms with Gasteiger partial charge in [-0.15, -0.1) is 5.39 Å². The number of aromatic nitrogens is 4. The summed E-state index contributed by atoms with van der Waals surface area (Å²) in [5.74, 6) is 0.757. The maximum absolute atomic E-state index is 6.01. The zero-order valence-electron chi connectivity index (χ0n) is 40.8. The van der Waals surface area contributed by atoms with Gasteiger partial charge in [0.2, 0.25) is 0 Å². The van der Waals surface area contributed by atoms with Crippen LogP contribution in [-0.4, -0.2) is 14.1 Å². The van der Waals surface area contributed by atoms with Gasteiger partial charge in [-0.25, -0.2) is 4.98 Å². The quantitative estimate of drug-likeness (QED) is 0.118. The average molecular weight is 1080 g/mol. The molecule has 5 nitrogen and oxygen atoms in total. The minimum Gasteiger partial charge on any atom is -0.460 e. The minimum absolute atomic E-state index is 0. The summed E-state index contributed by atoms with van der Waals surface area (Å²) in [4.78, 5) is 4.85. The number of pyridine rings is 1. The van der Waals surface area contributed by atoms with Crippen molar-refractivity contribution in [2.24, 2.45) is 0 Å². The normalized spacial score (nSPS) is 12.4. The number of furan rings is 1. The Bertz CT molecular complexity index is 3710. The van der Waals surface area contributed by atoms with E-state index in [1.165, 1.54) is 33.4 Å². The fraction of sp³-hybridized carbons (Fsp3) is 0.206. The first-order chi connectivity index (χ1) is 32.6. The molecule has 0 aliphatic heterocycles. The molecule has 11 rings (SSSR count). The molecule has 4 aromatic heterocycles. The smallest absolute Gasteiger partial charge is 0.268 e. The summed E-state index contributed by atoms with van der Waals surface area (Å²) in [5.41, 5.74) is 17.5. The third-order valence-corrected chi connectivity index (χ3v) is 13.5. The Labute approximate surface area is 420 Å². The Morgan fingerprint density at radius 2 is 1.25 bits per heavy atom. The summed E-state index contributed by atoms with van der Waals surface area (Å²) < 4.78 is 12.7. The van der Waals surface area contributed by atoms with E-state index in [1.54, 1.807) is 6.26 Å². The number of rotatable bonds is 7. The van der Waals surface area contributed by atoms with Crippen LogP contribution in [0.2, 0.25) is 0 Å². The van der Waals surface area contributed by atoms with E-state index in [4.69, 9.17) is 9.40 Å². The second kappa shape index (κ2) is 17.3. The molecule has 0 saturated heterocycles. The SMILES string of the molecule is CC(C)(C)c1ccc(-c2cc(C(C)(C)C)cc(-c3cccc(C(C)(C)C)c3)c2-[n+]2[c-]n(-c3[c-]c(Cc4[c-]c5c(cc4)c4ccccc4n5-c4nccc5ccoc45)ccc3)c3ccccc32)cc1.[Pt]. The van der Waals surface area contributed by atoms with Crippen molar-refractivity contribution in [2.45, 2.75) is 85.0 Å². The Hall–Kier alpha value is -6.81. The summed E-state index contributed by atoms with van der Waals surface area (Å²) in [6.45, 7) is 20.6. The van der Waals surface area contributed by atoms with Crippen molar-refractivity contribution < 1.29 is 30.0 Å². The van der Waals surface area contributed by atoms with Crippen LogP contribution in [0.5, 0.6) is 0 Å². The largest absolute Gasteiger partial charge is 0.460 e. The Morgan fingerprint density at radius 3 is 2.00 bits per heavy atom. The average Bonchev–Trinajstić information content (AvgIpc) is 4.05. The van der Waals surface area contributed by atoms with Crippen molar-refractivity contribution in [1.29, 1.82) is 0 Å². The van der Waals surface area contributed by atoms with E-state index in [1.807, 2.05) is 18.3 Å². The van der Waals surface area contributed by atoms with E-state index in [0.717, 1.165) is 77.7 Å². The molecule has 0 atom stereocenters. The van der Waals surface area contributed by atoms with E-state index >= 15 is 0 Å². The molecule has 0 saturated carbocycles. The molecule has 11 aromatic rings. The number of hydrogen-bond acceptors (Lipinski definition) is 2. The Morgan fingerprint density at radius 1 is 0.565 bits per heavy atom. The molecule has 0 aliphatic rings. The summed E-state index contributed by atoms with van der Waals surface area (Å²) >= 11 is 0. The van der Waals surface area contributed by atoms with Gasteiger partial charge in [-0.1, -0.05) is 171 Å². The van der Waals surface area contributed by atoms with Gasteiger partial charge in [0.25, 0.3) is 6.33 Å². The molecular formula is C63H56N4OPt-2. The van der Waals surface area contributed by atoms with Crippen LogP contribution in [0, 0.1) is 18.5 Å². The van der Waals surface area contributed by atoms with E-state index < -0.39 is 0 Å². The topological polar surface area (TPSA) is 39.8 Å². The number of nitrogens with zero attached hydrogens (tertiary/aromatic N) is 4. The van der Waals surface area contributed by atoms with Crippen LogP contribution >= 0.6 is 0 Å². The fourth-order valence-electron chi connectivity index (χ4n) is 9.69. The molecule has 0 fully saturated rings. The molecule has 4 heterocycles. The molecule has 0 radical (unpaired) electrons. The zero-order valence-corrected chi connectivity index (χ0v) is 43.1. The molecule has 0 N–H and O–H groups in total. The van der Waals surface area contributed by atoms with Gasteiger partial charge in [-0.3, -0.25) is 4.57 Å². The van der Waals surface area contributed by atoms with E-state index in [9.17, 15) is 0 Å². The molecule has 0 aliphatic carbocycles. The van der Waals surface area contributed by atoms with Gasteiger partial charge in [0.1, 0.15) is 0 Å². The number of imidazole rings is 1. The fourth-order valence-corrected chi connectivity index (χ4v) is 9.69. The third kappa shape index (κ3) is 8.35. The Balaban J connectivity index is 0.00000553. The second-order valence-corrected chi connectivity index (χ2v) is 21.4. The molecule has 346 valence electrons. The summed E-state index contributed by atoms with van der Waals surface area (Å²) in [5, 5.41) is 3.28. The van der Waals surface area contributed by atoms with Crippen LogP contribution in [0.4, 0.5) is 0 Å². The standard InChI is InChI=1S/C63H56N4O.Pt/c1-61(2,3)46-27-25-43(26-28-46)52-38-48(63(7,8)9)39-53(45-17-15-18-47(37-45)62(4,5)6)58(52)66-40-65(55-22-12-13-23-56(55)66)49-19-14-16-41(35-49)34-42-24-29-51-50-20-10-11-21-54(50)67(57(51)36-42)60-59-44(30-32-64-60)31-33-68-59;/h10-33,37-39H,34H2,1-9H3;/q-2;. The van der Waals surface area contributed by atoms with Crippen LogP contribution in [-0.2, 0) is 43.7 Å². The predicted molar refractivity (Wildman–Crippen MR) is 279 cm³/mol. The number of fused-ring (bicyclic) bond motifs is 5. The van der Waals surface area contributed by atoms with Gasteiger partial charge in [0.05, 0.1) is 23.0 Å². The van der Waals surface area contributed by atoms with Crippen molar-refractivity contribution in [2.75, 3.05) is 0 Å². The van der Waals surface area contributed by atoms with Gasteiger partial charge >= 0.3 is 0 Å². The minimum atomic E-state index is -0.102. The van der Waals surface area contributed by atoms with E-state index in [2.05, 4.69) is 234 Å². The van der Waals surface area contributed by atoms with Crippen molar-refractivity contribution in [3.05, 3.63) is 210 Å². The van der Waals surface area contributed by atoms with Crippen LogP contribution in [0.25, 0.3) is 83.3 Å². The maximum Gasteiger partial charge on any atom is 0.268 e. The third-order valence-electron chi connectivity index (χ3n) is 13.5. The molecule has 7 aromatic carbocycles. The summed E-state index contributed by atoms with van der Waals surface area (Å²) in [6, 6.07) is 62.8. The number of benzene rings is 7.